The van der Waals surface area contributed by atoms with Gasteiger partial charge < -0.3 is 15.6 Å². The van der Waals surface area contributed by atoms with Gasteiger partial charge in [0.15, 0.2) is 0 Å². The maximum absolute atomic E-state index is 11.8. The molecular formula is C12H20N4O. The van der Waals surface area contributed by atoms with E-state index in [1.54, 1.807) is 12.5 Å². The quantitative estimate of drug-likeness (QED) is 0.760. The van der Waals surface area contributed by atoms with Gasteiger partial charge in [0.2, 0.25) is 0 Å². The smallest absolute Gasteiger partial charge is 0.271 e. The van der Waals surface area contributed by atoms with Crippen molar-refractivity contribution in [1.29, 1.82) is 0 Å². The summed E-state index contributed by atoms with van der Waals surface area (Å²) >= 11 is 0. The molecule has 0 radical (unpaired) electrons. The number of nitrogens with zero attached hydrogens (tertiary/aromatic N) is 2. The van der Waals surface area contributed by atoms with Crippen LogP contribution in [0.5, 0.6) is 0 Å². The number of amides is 1. The van der Waals surface area contributed by atoms with E-state index in [1.165, 1.54) is 12.8 Å². The summed E-state index contributed by atoms with van der Waals surface area (Å²) in [5.74, 6) is 1.29. The molecule has 0 aliphatic heterocycles. The van der Waals surface area contributed by atoms with E-state index >= 15 is 0 Å². The predicted octanol–water partition coefficient (Wildman–Crippen LogP) is 0.618. The average molecular weight is 236 g/mol. The molecule has 1 unspecified atom stereocenters. The minimum Gasteiger partial charge on any atom is -0.350 e. The number of carbonyl (C=O) groups excluding carboxylic acids is 1. The molecule has 1 atom stereocenters. The van der Waals surface area contributed by atoms with Crippen LogP contribution in [0.3, 0.4) is 0 Å². The fraction of sp³-hybridized carbons (Fsp3) is 0.667. The van der Waals surface area contributed by atoms with Gasteiger partial charge in [0.25, 0.3) is 5.91 Å². The summed E-state index contributed by atoms with van der Waals surface area (Å²) in [5, 5.41) is 2.93. The molecule has 5 heteroatoms. The number of carbonyl (C=O) groups is 1. The van der Waals surface area contributed by atoms with E-state index in [4.69, 9.17) is 5.73 Å². The Labute approximate surface area is 101 Å². The Balaban J connectivity index is 1.81. The molecule has 17 heavy (non-hydrogen) atoms. The van der Waals surface area contributed by atoms with E-state index < -0.39 is 0 Å². The fourth-order valence-corrected chi connectivity index (χ4v) is 1.92. The van der Waals surface area contributed by atoms with Gasteiger partial charge in [-0.3, -0.25) is 4.79 Å². The molecule has 1 aromatic rings. The number of rotatable bonds is 6. The first-order valence-electron chi connectivity index (χ1n) is 6.20. The van der Waals surface area contributed by atoms with Gasteiger partial charge in [0.1, 0.15) is 5.69 Å². The van der Waals surface area contributed by atoms with Gasteiger partial charge >= 0.3 is 0 Å². The molecule has 94 valence electrons. The second kappa shape index (κ2) is 5.31. The molecular weight excluding hydrogens is 216 g/mol. The summed E-state index contributed by atoms with van der Waals surface area (Å²) in [4.78, 5) is 15.9. The van der Waals surface area contributed by atoms with Crippen LogP contribution < -0.4 is 11.1 Å². The Morgan fingerprint density at radius 3 is 3.12 bits per heavy atom. The van der Waals surface area contributed by atoms with Crippen LogP contribution in [-0.4, -0.2) is 28.5 Å². The van der Waals surface area contributed by atoms with Crippen LogP contribution in [0.1, 0.15) is 30.3 Å². The molecule has 1 amide bonds. The number of hydrogen-bond donors (Lipinski definition) is 2. The minimum atomic E-state index is -0.0896. The zero-order chi connectivity index (χ0) is 12.3. The summed E-state index contributed by atoms with van der Waals surface area (Å²) in [6, 6.07) is 0. The number of hydrogen-bond acceptors (Lipinski definition) is 3. The summed E-state index contributed by atoms with van der Waals surface area (Å²) in [5.41, 5.74) is 5.91. The topological polar surface area (TPSA) is 72.9 Å². The standard InChI is InChI=1S/C12H20N4O/c1-9(10-2-3-10)6-14-12(17)11-7-16(5-4-13)8-15-11/h7-10H,2-6,13H2,1H3,(H,14,17). The molecule has 0 aromatic carbocycles. The van der Waals surface area contributed by atoms with Crippen LogP contribution in [0.15, 0.2) is 12.5 Å². The first-order chi connectivity index (χ1) is 8.20. The maximum Gasteiger partial charge on any atom is 0.271 e. The molecule has 5 nitrogen and oxygen atoms in total. The van der Waals surface area contributed by atoms with E-state index in [-0.39, 0.29) is 5.91 Å². The molecule has 1 heterocycles. The van der Waals surface area contributed by atoms with Crippen LogP contribution >= 0.6 is 0 Å². The highest BCUT2D eigenvalue weighted by Crippen LogP contribution is 2.36. The van der Waals surface area contributed by atoms with E-state index in [0.717, 1.165) is 12.5 Å². The Bertz CT molecular complexity index is 384. The van der Waals surface area contributed by atoms with Gasteiger partial charge in [0.05, 0.1) is 6.33 Å². The molecule has 1 fully saturated rings. The van der Waals surface area contributed by atoms with Gasteiger partial charge in [-0.2, -0.15) is 0 Å². The molecule has 0 spiro atoms. The van der Waals surface area contributed by atoms with Gasteiger partial charge in [0, 0.05) is 25.8 Å². The van der Waals surface area contributed by atoms with Crippen LogP contribution in [-0.2, 0) is 6.54 Å². The van der Waals surface area contributed by atoms with Crippen LogP contribution in [0.25, 0.3) is 0 Å². The summed E-state index contributed by atoms with van der Waals surface area (Å²) in [6.07, 6.45) is 6.00. The molecule has 1 aliphatic rings. The monoisotopic (exact) mass is 236 g/mol. The van der Waals surface area contributed by atoms with Crippen LogP contribution in [0, 0.1) is 11.8 Å². The lowest BCUT2D eigenvalue weighted by Gasteiger charge is -2.10. The van der Waals surface area contributed by atoms with Crippen LogP contribution in [0.2, 0.25) is 0 Å². The highest BCUT2D eigenvalue weighted by atomic mass is 16.1. The van der Waals surface area contributed by atoms with Crippen molar-refractivity contribution in [2.45, 2.75) is 26.3 Å². The Morgan fingerprint density at radius 1 is 1.71 bits per heavy atom. The lowest BCUT2D eigenvalue weighted by molar-refractivity contribution is 0.0942. The first kappa shape index (κ1) is 12.1. The third-order valence-electron chi connectivity index (χ3n) is 3.26. The highest BCUT2D eigenvalue weighted by Gasteiger charge is 2.28. The number of aromatic nitrogens is 2. The third-order valence-corrected chi connectivity index (χ3v) is 3.26. The van der Waals surface area contributed by atoms with E-state index in [1.807, 2.05) is 4.57 Å². The van der Waals surface area contributed by atoms with Crippen molar-refractivity contribution in [2.75, 3.05) is 13.1 Å². The van der Waals surface area contributed by atoms with E-state index in [9.17, 15) is 4.79 Å². The van der Waals surface area contributed by atoms with Crippen molar-refractivity contribution in [3.05, 3.63) is 18.2 Å². The van der Waals surface area contributed by atoms with Crippen molar-refractivity contribution < 1.29 is 4.79 Å². The van der Waals surface area contributed by atoms with E-state index in [2.05, 4.69) is 17.2 Å². The second-order valence-corrected chi connectivity index (χ2v) is 4.81. The second-order valence-electron chi connectivity index (χ2n) is 4.81. The molecule has 0 bridgehead atoms. The Morgan fingerprint density at radius 2 is 2.47 bits per heavy atom. The van der Waals surface area contributed by atoms with Crippen molar-refractivity contribution in [3.63, 3.8) is 0 Å². The number of nitrogens with two attached hydrogens (primary N) is 1. The van der Waals surface area contributed by atoms with Gasteiger partial charge in [-0.1, -0.05) is 6.92 Å². The fourth-order valence-electron chi connectivity index (χ4n) is 1.92. The van der Waals surface area contributed by atoms with Crippen molar-refractivity contribution in [1.82, 2.24) is 14.9 Å². The normalized spacial score (nSPS) is 16.8. The van der Waals surface area contributed by atoms with Gasteiger partial charge in [-0.15, -0.1) is 0 Å². The zero-order valence-electron chi connectivity index (χ0n) is 10.2. The average Bonchev–Trinajstić information content (AvgIpc) is 3.07. The molecule has 1 saturated carbocycles. The maximum atomic E-state index is 11.8. The lowest BCUT2D eigenvalue weighted by Crippen LogP contribution is -2.29. The Kier molecular flexibility index (Phi) is 3.78. The highest BCUT2D eigenvalue weighted by molar-refractivity contribution is 5.91. The SMILES string of the molecule is CC(CNC(=O)c1cn(CCN)cn1)C1CC1. The molecule has 1 aliphatic carbocycles. The number of nitrogens with one attached hydrogen (secondary N) is 1. The lowest BCUT2D eigenvalue weighted by atomic mass is 10.1. The largest absolute Gasteiger partial charge is 0.350 e. The van der Waals surface area contributed by atoms with Crippen molar-refractivity contribution in [2.24, 2.45) is 17.6 Å². The Hall–Kier alpha value is -1.36. The zero-order valence-corrected chi connectivity index (χ0v) is 10.2. The third kappa shape index (κ3) is 3.30. The summed E-state index contributed by atoms with van der Waals surface area (Å²) in [6.45, 7) is 4.17. The molecule has 2 rings (SSSR count). The molecule has 0 saturated heterocycles. The number of imidazole rings is 1. The molecule has 1 aromatic heterocycles. The summed E-state index contributed by atoms with van der Waals surface area (Å²) < 4.78 is 1.83. The van der Waals surface area contributed by atoms with Gasteiger partial charge in [-0.25, -0.2) is 4.98 Å². The van der Waals surface area contributed by atoms with Crippen molar-refractivity contribution >= 4 is 5.91 Å². The van der Waals surface area contributed by atoms with E-state index in [0.29, 0.717) is 24.7 Å². The predicted molar refractivity (Wildman–Crippen MR) is 65.5 cm³/mol. The van der Waals surface area contributed by atoms with Crippen LogP contribution in [0.4, 0.5) is 0 Å². The minimum absolute atomic E-state index is 0.0896. The van der Waals surface area contributed by atoms with Gasteiger partial charge in [-0.05, 0) is 24.7 Å². The first-order valence-corrected chi connectivity index (χ1v) is 6.20. The van der Waals surface area contributed by atoms with Crippen molar-refractivity contribution in [3.8, 4) is 0 Å². The molecule has 3 N–H and O–H groups in total. The summed E-state index contributed by atoms with van der Waals surface area (Å²) in [7, 11) is 0.